The van der Waals surface area contributed by atoms with Gasteiger partial charge in [-0.1, -0.05) is 146 Å². The highest BCUT2D eigenvalue weighted by atomic mass is 14.2. The summed E-state index contributed by atoms with van der Waals surface area (Å²) in [7, 11) is 0. The molecular weight excluding hydrogens is 504 g/mol. The van der Waals surface area contributed by atoms with Crippen LogP contribution < -0.4 is 0 Å². The molecule has 0 radical (unpaired) electrons. The zero-order chi connectivity index (χ0) is 27.9. The zero-order valence-corrected chi connectivity index (χ0v) is 23.2. The van der Waals surface area contributed by atoms with E-state index in [1.807, 2.05) is 0 Å². The van der Waals surface area contributed by atoms with E-state index in [2.05, 4.69) is 170 Å². The maximum Gasteiger partial charge on any atom is -0.00197 e. The fraction of sp³-hybridized carbons (Fsp3) is 0. The third-order valence-corrected chi connectivity index (χ3v) is 8.43. The first-order valence-electron chi connectivity index (χ1n) is 14.5. The fourth-order valence-electron chi connectivity index (χ4n) is 6.40. The molecule has 8 rings (SSSR count). The second-order valence-corrected chi connectivity index (χ2v) is 10.9. The van der Waals surface area contributed by atoms with Gasteiger partial charge in [0.2, 0.25) is 0 Å². The Morgan fingerprint density at radius 3 is 1.12 bits per heavy atom. The van der Waals surface area contributed by atoms with E-state index in [0.717, 1.165) is 0 Å². The smallest absolute Gasteiger partial charge is 0.00197 e. The van der Waals surface area contributed by atoms with Crippen LogP contribution in [0.15, 0.2) is 170 Å². The Morgan fingerprint density at radius 1 is 0.214 bits per heavy atom. The molecule has 0 aromatic heterocycles. The number of hydrogen-bond acceptors (Lipinski definition) is 0. The Labute approximate surface area is 246 Å². The van der Waals surface area contributed by atoms with Crippen molar-refractivity contribution in [2.75, 3.05) is 0 Å². The van der Waals surface area contributed by atoms with E-state index >= 15 is 0 Å². The molecule has 0 saturated carbocycles. The van der Waals surface area contributed by atoms with Crippen LogP contribution in [-0.2, 0) is 0 Å². The molecule has 196 valence electrons. The molecule has 8 aromatic rings. The van der Waals surface area contributed by atoms with Crippen LogP contribution in [0, 0.1) is 0 Å². The first kappa shape index (κ1) is 24.3. The van der Waals surface area contributed by atoms with Crippen molar-refractivity contribution in [2.24, 2.45) is 0 Å². The molecule has 0 atom stereocenters. The van der Waals surface area contributed by atoms with Gasteiger partial charge in [0.05, 0.1) is 0 Å². The first-order chi connectivity index (χ1) is 20.8. The minimum Gasteiger partial charge on any atom is -0.0622 e. The summed E-state index contributed by atoms with van der Waals surface area (Å²) in [4.78, 5) is 0. The summed E-state index contributed by atoms with van der Waals surface area (Å²) < 4.78 is 0. The summed E-state index contributed by atoms with van der Waals surface area (Å²) in [5.74, 6) is 0. The van der Waals surface area contributed by atoms with Crippen molar-refractivity contribution >= 4 is 32.3 Å². The van der Waals surface area contributed by atoms with Gasteiger partial charge in [-0.15, -0.1) is 0 Å². The molecule has 0 fully saturated rings. The number of rotatable bonds is 4. The Bertz CT molecular complexity index is 2200. The van der Waals surface area contributed by atoms with E-state index in [0.29, 0.717) is 0 Å². The average molecular weight is 533 g/mol. The molecule has 0 heterocycles. The van der Waals surface area contributed by atoms with Crippen molar-refractivity contribution in [3.8, 4) is 44.5 Å². The molecule has 0 nitrogen and oxygen atoms in total. The quantitative estimate of drug-likeness (QED) is 0.198. The van der Waals surface area contributed by atoms with Crippen molar-refractivity contribution in [1.29, 1.82) is 0 Å². The largest absolute Gasteiger partial charge is 0.0622 e. The van der Waals surface area contributed by atoms with Gasteiger partial charge in [-0.2, -0.15) is 0 Å². The van der Waals surface area contributed by atoms with Crippen molar-refractivity contribution < 1.29 is 0 Å². The van der Waals surface area contributed by atoms with E-state index < -0.39 is 0 Å². The molecule has 0 N–H and O–H groups in total. The van der Waals surface area contributed by atoms with Gasteiger partial charge in [0.15, 0.2) is 0 Å². The molecule has 0 heteroatoms. The molecule has 0 saturated heterocycles. The minimum atomic E-state index is 1.22. The highest BCUT2D eigenvalue weighted by Crippen LogP contribution is 2.44. The number of hydrogen-bond donors (Lipinski definition) is 0. The van der Waals surface area contributed by atoms with Gasteiger partial charge < -0.3 is 0 Å². The molecule has 0 aliphatic heterocycles. The zero-order valence-electron chi connectivity index (χ0n) is 23.2. The molecule has 42 heavy (non-hydrogen) atoms. The SMILES string of the molecule is c1ccc(-c2ccc3c4ccc(-c5ccccc5)cc4c4c(-c5ccccc5)cc(-c5ccccc5)cc4c3c2)cc1. The average Bonchev–Trinajstić information content (AvgIpc) is 3.09. The van der Waals surface area contributed by atoms with Gasteiger partial charge in [0.25, 0.3) is 0 Å². The third kappa shape index (κ3) is 4.17. The predicted molar refractivity (Wildman–Crippen MR) is 181 cm³/mol. The van der Waals surface area contributed by atoms with Crippen LogP contribution in [-0.4, -0.2) is 0 Å². The van der Waals surface area contributed by atoms with Gasteiger partial charge in [0, 0.05) is 0 Å². The summed E-state index contributed by atoms with van der Waals surface area (Å²) in [6, 6.07) is 61.8. The molecule has 0 aliphatic rings. The highest BCUT2D eigenvalue weighted by molar-refractivity contribution is 6.30. The van der Waals surface area contributed by atoms with Crippen LogP contribution in [0.5, 0.6) is 0 Å². The van der Waals surface area contributed by atoms with Gasteiger partial charge >= 0.3 is 0 Å². The number of fused-ring (bicyclic) bond motifs is 6. The Balaban J connectivity index is 1.56. The normalized spacial score (nSPS) is 11.3. The summed E-state index contributed by atoms with van der Waals surface area (Å²) in [6.45, 7) is 0. The summed E-state index contributed by atoms with van der Waals surface area (Å²) >= 11 is 0. The van der Waals surface area contributed by atoms with E-state index in [1.165, 1.54) is 76.8 Å². The molecular formula is C42H28. The van der Waals surface area contributed by atoms with E-state index in [-0.39, 0.29) is 0 Å². The van der Waals surface area contributed by atoms with Crippen LogP contribution in [0.3, 0.4) is 0 Å². The lowest BCUT2D eigenvalue weighted by Crippen LogP contribution is -1.91. The second kappa shape index (κ2) is 10.2. The lowest BCUT2D eigenvalue weighted by atomic mass is 9.85. The van der Waals surface area contributed by atoms with Gasteiger partial charge in [-0.05, 0) is 101 Å². The lowest BCUT2D eigenvalue weighted by molar-refractivity contribution is 1.62. The maximum atomic E-state index is 2.41. The molecule has 0 bridgehead atoms. The molecule has 0 aliphatic carbocycles. The van der Waals surface area contributed by atoms with Crippen molar-refractivity contribution in [3.63, 3.8) is 0 Å². The van der Waals surface area contributed by atoms with Gasteiger partial charge in [-0.3, -0.25) is 0 Å². The van der Waals surface area contributed by atoms with Crippen LogP contribution in [0.25, 0.3) is 76.8 Å². The summed E-state index contributed by atoms with van der Waals surface area (Å²) in [5.41, 5.74) is 9.86. The van der Waals surface area contributed by atoms with E-state index in [1.54, 1.807) is 0 Å². The van der Waals surface area contributed by atoms with Crippen LogP contribution in [0.4, 0.5) is 0 Å². The van der Waals surface area contributed by atoms with E-state index in [9.17, 15) is 0 Å². The fourth-order valence-corrected chi connectivity index (χ4v) is 6.40. The summed E-state index contributed by atoms with van der Waals surface area (Å²) in [5, 5.41) is 7.69. The summed E-state index contributed by atoms with van der Waals surface area (Å²) in [6.07, 6.45) is 0. The lowest BCUT2D eigenvalue weighted by Gasteiger charge is -2.18. The highest BCUT2D eigenvalue weighted by Gasteiger charge is 2.17. The van der Waals surface area contributed by atoms with Crippen molar-refractivity contribution in [2.45, 2.75) is 0 Å². The minimum absolute atomic E-state index is 1.22. The molecule has 8 aromatic carbocycles. The first-order valence-corrected chi connectivity index (χ1v) is 14.5. The van der Waals surface area contributed by atoms with Gasteiger partial charge in [-0.25, -0.2) is 0 Å². The monoisotopic (exact) mass is 532 g/mol. The van der Waals surface area contributed by atoms with Crippen LogP contribution >= 0.6 is 0 Å². The molecule has 0 unspecified atom stereocenters. The second-order valence-electron chi connectivity index (χ2n) is 10.9. The van der Waals surface area contributed by atoms with Gasteiger partial charge in [0.1, 0.15) is 0 Å². The third-order valence-electron chi connectivity index (χ3n) is 8.43. The topological polar surface area (TPSA) is 0 Å². The molecule has 0 amide bonds. The number of benzene rings is 8. The Kier molecular flexibility index (Phi) is 5.90. The predicted octanol–water partition coefficient (Wildman–Crippen LogP) is 11.8. The Morgan fingerprint density at radius 2 is 0.595 bits per heavy atom. The molecule has 0 spiro atoms. The standard InChI is InChI=1S/C42H28/c1-5-13-29(14-6-1)33-21-23-36-37-24-22-34(30-15-7-2-8-16-30)26-40(37)42-38(32-19-11-4-12-20-32)27-35(28-41(42)39(36)25-33)31-17-9-3-10-18-31/h1-28H. The van der Waals surface area contributed by atoms with Crippen molar-refractivity contribution in [1.82, 2.24) is 0 Å². The van der Waals surface area contributed by atoms with Crippen LogP contribution in [0.2, 0.25) is 0 Å². The van der Waals surface area contributed by atoms with E-state index in [4.69, 9.17) is 0 Å². The maximum absolute atomic E-state index is 2.41. The van der Waals surface area contributed by atoms with Crippen molar-refractivity contribution in [3.05, 3.63) is 170 Å². The Hall–Kier alpha value is -5.46. The van der Waals surface area contributed by atoms with Crippen LogP contribution in [0.1, 0.15) is 0 Å².